The van der Waals surface area contributed by atoms with Crippen LogP contribution >= 0.6 is 0 Å². The summed E-state index contributed by atoms with van der Waals surface area (Å²) < 4.78 is 18.4. The molecule has 5 rings (SSSR count). The van der Waals surface area contributed by atoms with E-state index in [1.807, 2.05) is 62.4 Å². The fourth-order valence-corrected chi connectivity index (χ4v) is 5.50. The summed E-state index contributed by atoms with van der Waals surface area (Å²) in [5, 5.41) is 3.06. The minimum atomic E-state index is -0.349. The second-order valence-electron chi connectivity index (χ2n) is 10.3. The molecule has 40 heavy (non-hydrogen) atoms. The first-order valence-electron chi connectivity index (χ1n) is 13.6. The molecular formula is C34H33FN2O3. The molecule has 1 aliphatic heterocycles. The Morgan fingerprint density at radius 3 is 2.52 bits per heavy atom. The zero-order valence-corrected chi connectivity index (χ0v) is 23.0. The minimum absolute atomic E-state index is 0.140. The van der Waals surface area contributed by atoms with E-state index < -0.39 is 0 Å². The number of methoxy groups -OCH3 is 1. The van der Waals surface area contributed by atoms with Gasteiger partial charge in [0.05, 0.1) is 18.7 Å². The van der Waals surface area contributed by atoms with E-state index in [0.717, 1.165) is 65.0 Å². The number of anilines is 1. The molecule has 1 amide bonds. The predicted octanol–water partition coefficient (Wildman–Crippen LogP) is 7.03. The first-order chi connectivity index (χ1) is 19.3. The Bertz CT molecular complexity index is 1550. The molecule has 5 nitrogen and oxygen atoms in total. The molecule has 4 aromatic carbocycles. The van der Waals surface area contributed by atoms with Crippen molar-refractivity contribution in [2.75, 3.05) is 18.6 Å². The van der Waals surface area contributed by atoms with Gasteiger partial charge in [-0.05, 0) is 96.5 Å². The van der Waals surface area contributed by atoms with Crippen LogP contribution in [0, 0.1) is 12.7 Å². The third kappa shape index (κ3) is 5.76. The molecule has 204 valence electrons. The van der Waals surface area contributed by atoms with Crippen LogP contribution in [0.2, 0.25) is 0 Å². The number of hydrogen-bond donors (Lipinski definition) is 1. The van der Waals surface area contributed by atoms with Crippen LogP contribution in [0.4, 0.5) is 10.1 Å². The Morgan fingerprint density at radius 2 is 1.77 bits per heavy atom. The predicted molar refractivity (Wildman–Crippen MR) is 156 cm³/mol. The number of rotatable bonds is 7. The summed E-state index contributed by atoms with van der Waals surface area (Å²) in [6.45, 7) is 5.45. The zero-order valence-electron chi connectivity index (χ0n) is 23.0. The van der Waals surface area contributed by atoms with Gasteiger partial charge < -0.3 is 15.0 Å². The van der Waals surface area contributed by atoms with Crippen molar-refractivity contribution in [3.05, 3.63) is 124 Å². The summed E-state index contributed by atoms with van der Waals surface area (Å²) in [6, 6.07) is 26.0. The highest BCUT2D eigenvalue weighted by molar-refractivity contribution is 5.97. The maximum absolute atomic E-state index is 13.5. The van der Waals surface area contributed by atoms with Crippen LogP contribution < -0.4 is 10.2 Å². The van der Waals surface area contributed by atoms with Crippen molar-refractivity contribution in [3.63, 3.8) is 0 Å². The fourth-order valence-electron chi connectivity index (χ4n) is 5.50. The van der Waals surface area contributed by atoms with Crippen molar-refractivity contribution in [1.29, 1.82) is 0 Å². The first-order valence-corrected chi connectivity index (χ1v) is 13.6. The van der Waals surface area contributed by atoms with Crippen molar-refractivity contribution >= 4 is 17.6 Å². The summed E-state index contributed by atoms with van der Waals surface area (Å²) in [6.07, 6.45) is 1.93. The summed E-state index contributed by atoms with van der Waals surface area (Å²) in [7, 11) is 1.39. The molecule has 0 saturated carbocycles. The number of nitrogens with one attached hydrogen (secondary N) is 1. The SMILES string of the molecule is COC(=O)c1ccccc1-c1ccc(CN2CCCc3cc(C(=O)NC(C)c4ccc(F)cc4C)ccc32)cc1. The van der Waals surface area contributed by atoms with Crippen LogP contribution in [0.3, 0.4) is 0 Å². The molecule has 1 N–H and O–H groups in total. The van der Waals surface area contributed by atoms with Crippen LogP contribution in [-0.4, -0.2) is 25.5 Å². The van der Waals surface area contributed by atoms with E-state index in [1.54, 1.807) is 12.1 Å². The Kier molecular flexibility index (Phi) is 7.96. The third-order valence-corrected chi connectivity index (χ3v) is 7.57. The van der Waals surface area contributed by atoms with Gasteiger partial charge in [0.25, 0.3) is 5.91 Å². The second kappa shape index (κ2) is 11.7. The van der Waals surface area contributed by atoms with Crippen LogP contribution in [0.15, 0.2) is 84.9 Å². The standard InChI is InChI=1S/C34H33FN2O3/c1-22-19-28(35)15-16-29(22)23(2)36-33(38)27-14-17-32-26(20-27)7-6-18-37(32)21-24-10-12-25(13-11-24)30-8-4-5-9-31(30)34(39)40-3/h4-5,8-17,19-20,23H,6-7,18,21H2,1-3H3,(H,36,38). The van der Waals surface area contributed by atoms with E-state index in [1.165, 1.54) is 19.2 Å². The number of ether oxygens (including phenoxy) is 1. The summed E-state index contributed by atoms with van der Waals surface area (Å²) >= 11 is 0. The fraction of sp³-hybridized carbons (Fsp3) is 0.235. The number of halogens is 1. The Morgan fingerprint density at radius 1 is 1.00 bits per heavy atom. The number of hydrogen-bond acceptors (Lipinski definition) is 4. The molecule has 0 aliphatic carbocycles. The largest absolute Gasteiger partial charge is 0.465 e. The molecule has 0 radical (unpaired) electrons. The average molecular weight is 537 g/mol. The second-order valence-corrected chi connectivity index (χ2v) is 10.3. The minimum Gasteiger partial charge on any atom is -0.465 e. The molecule has 0 bridgehead atoms. The molecule has 0 saturated heterocycles. The van der Waals surface area contributed by atoms with Crippen molar-refractivity contribution < 1.29 is 18.7 Å². The number of amides is 1. The summed E-state index contributed by atoms with van der Waals surface area (Å²) in [5.41, 5.74) is 8.17. The highest BCUT2D eigenvalue weighted by atomic mass is 19.1. The zero-order chi connectivity index (χ0) is 28.2. The molecular weight excluding hydrogens is 503 g/mol. The lowest BCUT2D eigenvalue weighted by Crippen LogP contribution is -2.30. The van der Waals surface area contributed by atoms with Gasteiger partial charge in [-0.25, -0.2) is 9.18 Å². The van der Waals surface area contributed by atoms with Crippen molar-refractivity contribution in [2.24, 2.45) is 0 Å². The van der Waals surface area contributed by atoms with Gasteiger partial charge in [-0.15, -0.1) is 0 Å². The normalized spacial score (nSPS) is 13.3. The third-order valence-electron chi connectivity index (χ3n) is 7.57. The summed E-state index contributed by atoms with van der Waals surface area (Å²) in [4.78, 5) is 27.6. The molecule has 1 aliphatic rings. The molecule has 0 spiro atoms. The quantitative estimate of drug-likeness (QED) is 0.258. The number of esters is 1. The van der Waals surface area contributed by atoms with E-state index in [4.69, 9.17) is 4.74 Å². The molecule has 1 atom stereocenters. The van der Waals surface area contributed by atoms with E-state index >= 15 is 0 Å². The van der Waals surface area contributed by atoms with Crippen LogP contribution in [0.25, 0.3) is 11.1 Å². The van der Waals surface area contributed by atoms with E-state index in [-0.39, 0.29) is 23.7 Å². The van der Waals surface area contributed by atoms with Gasteiger partial charge in [0, 0.05) is 24.3 Å². The molecule has 6 heteroatoms. The van der Waals surface area contributed by atoms with E-state index in [9.17, 15) is 14.0 Å². The summed E-state index contributed by atoms with van der Waals surface area (Å²) in [5.74, 6) is -0.768. The number of aryl methyl sites for hydroxylation is 2. The molecule has 1 heterocycles. The Hall–Kier alpha value is -4.45. The number of fused-ring (bicyclic) bond motifs is 1. The lowest BCUT2D eigenvalue weighted by molar-refractivity contribution is 0.0601. The van der Waals surface area contributed by atoms with Gasteiger partial charge in [-0.3, -0.25) is 4.79 Å². The monoisotopic (exact) mass is 536 g/mol. The van der Waals surface area contributed by atoms with Gasteiger partial charge in [0.2, 0.25) is 0 Å². The first kappa shape index (κ1) is 27.1. The number of carbonyl (C=O) groups is 2. The highest BCUT2D eigenvalue weighted by Gasteiger charge is 2.20. The van der Waals surface area contributed by atoms with E-state index in [2.05, 4.69) is 22.3 Å². The molecule has 4 aromatic rings. The van der Waals surface area contributed by atoms with Gasteiger partial charge >= 0.3 is 5.97 Å². The lowest BCUT2D eigenvalue weighted by Gasteiger charge is -2.32. The number of nitrogens with zero attached hydrogens (tertiary/aromatic N) is 1. The average Bonchev–Trinajstić information content (AvgIpc) is 2.97. The van der Waals surface area contributed by atoms with Crippen LogP contribution in [-0.2, 0) is 17.7 Å². The lowest BCUT2D eigenvalue weighted by atomic mass is 9.96. The Labute approximate surface area is 234 Å². The van der Waals surface area contributed by atoms with Crippen molar-refractivity contribution in [2.45, 2.75) is 39.3 Å². The molecule has 1 unspecified atom stereocenters. The maximum Gasteiger partial charge on any atom is 0.338 e. The Balaban J connectivity index is 1.29. The van der Waals surface area contributed by atoms with Gasteiger partial charge in [-0.2, -0.15) is 0 Å². The van der Waals surface area contributed by atoms with E-state index in [0.29, 0.717) is 11.1 Å². The van der Waals surface area contributed by atoms with Crippen molar-refractivity contribution in [1.82, 2.24) is 5.32 Å². The van der Waals surface area contributed by atoms with Crippen LogP contribution in [0.5, 0.6) is 0 Å². The molecule has 0 fully saturated rings. The molecule has 0 aromatic heterocycles. The highest BCUT2D eigenvalue weighted by Crippen LogP contribution is 2.31. The van der Waals surface area contributed by atoms with Gasteiger partial charge in [0.15, 0.2) is 0 Å². The number of carbonyl (C=O) groups excluding carboxylic acids is 2. The smallest absolute Gasteiger partial charge is 0.338 e. The van der Waals surface area contributed by atoms with Crippen molar-refractivity contribution in [3.8, 4) is 11.1 Å². The topological polar surface area (TPSA) is 58.6 Å². The van der Waals surface area contributed by atoms with Crippen LogP contribution in [0.1, 0.15) is 62.4 Å². The number of benzene rings is 4. The maximum atomic E-state index is 13.5. The van der Waals surface area contributed by atoms with Gasteiger partial charge in [0.1, 0.15) is 5.82 Å². The van der Waals surface area contributed by atoms with Gasteiger partial charge in [-0.1, -0.05) is 48.5 Å².